The number of hydrogen-bond donors (Lipinski definition) is 3. The van der Waals surface area contributed by atoms with E-state index >= 15 is 0 Å². The number of alkyl carbamates (subject to hydrolysis) is 1. The summed E-state index contributed by atoms with van der Waals surface area (Å²) in [7, 11) is 0. The number of carbonyl (C=O) groups excluding carboxylic acids is 1. The van der Waals surface area contributed by atoms with Crippen molar-refractivity contribution in [2.45, 2.75) is 63.1 Å². The molecule has 3 aromatic rings. The molecule has 17 heteroatoms. The molecule has 3 atom stereocenters. The predicted octanol–water partition coefficient (Wildman–Crippen LogP) is 4.23. The van der Waals surface area contributed by atoms with Gasteiger partial charge in [-0.1, -0.05) is 0 Å². The number of imidazole rings is 1. The number of aromatic nitrogens is 5. The Balaban J connectivity index is 1.30. The second kappa shape index (κ2) is 9.61. The molecule has 0 bridgehead atoms. The molecule has 0 aromatic carbocycles. The van der Waals surface area contributed by atoms with Crippen LogP contribution in [0, 0.1) is 0 Å². The zero-order chi connectivity index (χ0) is 27.2. The second-order valence-corrected chi connectivity index (χ2v) is 9.16. The number of H-pyrrole nitrogens is 1. The topological polar surface area (TPSA) is 128 Å². The molecule has 5 rings (SSSR count). The van der Waals surface area contributed by atoms with Crippen LogP contribution in [-0.4, -0.2) is 61.4 Å². The van der Waals surface area contributed by atoms with Gasteiger partial charge in [0.15, 0.2) is 18.1 Å². The Labute approximate surface area is 209 Å². The van der Waals surface area contributed by atoms with Crippen LogP contribution in [0.15, 0.2) is 18.3 Å². The smallest absolute Gasteiger partial charge is 0.441 e. The molecular weight excluding hydrogens is 528 g/mol. The van der Waals surface area contributed by atoms with Gasteiger partial charge >= 0.3 is 12.5 Å². The Morgan fingerprint density at radius 2 is 2.08 bits per heavy atom. The van der Waals surface area contributed by atoms with Crippen molar-refractivity contribution in [2.24, 2.45) is 0 Å². The Morgan fingerprint density at radius 1 is 1.32 bits per heavy atom. The summed E-state index contributed by atoms with van der Waals surface area (Å²) in [5.74, 6) is -0.223. The van der Waals surface area contributed by atoms with Gasteiger partial charge in [-0.2, -0.15) is 5.10 Å². The first-order valence-corrected chi connectivity index (χ1v) is 11.3. The molecule has 2 fully saturated rings. The third-order valence-electron chi connectivity index (χ3n) is 6.02. The molecule has 11 nitrogen and oxygen atoms in total. The predicted molar refractivity (Wildman–Crippen MR) is 115 cm³/mol. The molecule has 4 heterocycles. The van der Waals surface area contributed by atoms with Crippen molar-refractivity contribution in [3.8, 4) is 0 Å². The summed E-state index contributed by atoms with van der Waals surface area (Å²) >= 11 is 0. The van der Waals surface area contributed by atoms with Gasteiger partial charge in [-0.25, -0.2) is 27.9 Å². The molecule has 3 N–H and O–H groups in total. The number of alkyl halides is 6. The van der Waals surface area contributed by atoms with E-state index in [0.29, 0.717) is 0 Å². The van der Waals surface area contributed by atoms with Gasteiger partial charge in [0.25, 0.3) is 6.43 Å². The maximum Gasteiger partial charge on any atom is 0.522 e. The minimum atomic E-state index is -4.91. The van der Waals surface area contributed by atoms with Crippen LogP contribution in [0.2, 0.25) is 0 Å². The van der Waals surface area contributed by atoms with E-state index in [1.165, 1.54) is 6.07 Å². The molecule has 1 amide bonds. The van der Waals surface area contributed by atoms with Crippen molar-refractivity contribution in [2.75, 3.05) is 11.9 Å². The number of fused-ring (bicyclic) bond motifs is 1. The number of nitrogens with one attached hydrogen (secondary N) is 3. The number of hydrogen-bond acceptors (Lipinski definition) is 8. The number of carbonyl (C=O) groups is 1. The van der Waals surface area contributed by atoms with Crippen LogP contribution in [0.4, 0.5) is 42.9 Å². The quantitative estimate of drug-likeness (QED) is 0.357. The van der Waals surface area contributed by atoms with Gasteiger partial charge in [-0.05, 0) is 19.8 Å². The fourth-order valence-electron chi connectivity index (χ4n) is 3.81. The SMILES string of the molecule is CC1(NC(=O)O[C@@H]2CO[C@H](c3cc(Nc4nc(C(F)F)cc5nc(COC(F)(F)F)cn45)n[nH]3)[C@@H]2F)CC1. The summed E-state index contributed by atoms with van der Waals surface area (Å²) < 4.78 is 94.4. The first-order chi connectivity index (χ1) is 17.9. The summed E-state index contributed by atoms with van der Waals surface area (Å²) in [4.78, 5) is 19.7. The van der Waals surface area contributed by atoms with E-state index in [1.807, 2.05) is 6.92 Å². The molecule has 1 aliphatic heterocycles. The fourth-order valence-corrected chi connectivity index (χ4v) is 3.81. The molecule has 1 saturated carbocycles. The van der Waals surface area contributed by atoms with Crippen molar-refractivity contribution >= 4 is 23.5 Å². The van der Waals surface area contributed by atoms with E-state index in [1.54, 1.807) is 0 Å². The van der Waals surface area contributed by atoms with E-state index in [0.717, 1.165) is 29.5 Å². The first kappa shape index (κ1) is 26.0. The van der Waals surface area contributed by atoms with Crippen molar-refractivity contribution in [3.05, 3.63) is 35.4 Å². The summed E-state index contributed by atoms with van der Waals surface area (Å²) in [5.41, 5.74) is -1.17. The van der Waals surface area contributed by atoms with Crippen LogP contribution < -0.4 is 10.6 Å². The summed E-state index contributed by atoms with van der Waals surface area (Å²) in [6.07, 6.45) is -9.96. The molecule has 0 unspecified atom stereocenters. The van der Waals surface area contributed by atoms with Crippen molar-refractivity contribution in [1.82, 2.24) is 29.9 Å². The number of halogens is 6. The Morgan fingerprint density at radius 3 is 2.76 bits per heavy atom. The van der Waals surface area contributed by atoms with Gasteiger partial charge < -0.3 is 20.1 Å². The van der Waals surface area contributed by atoms with Crippen LogP contribution >= 0.6 is 0 Å². The molecule has 2 aliphatic rings. The van der Waals surface area contributed by atoms with Crippen molar-refractivity contribution in [3.63, 3.8) is 0 Å². The highest BCUT2D eigenvalue weighted by Crippen LogP contribution is 2.36. The summed E-state index contributed by atoms with van der Waals surface area (Å²) in [5, 5.41) is 11.8. The average Bonchev–Trinajstić information content (AvgIpc) is 3.19. The van der Waals surface area contributed by atoms with Gasteiger partial charge in [0, 0.05) is 23.9 Å². The monoisotopic (exact) mass is 549 g/mol. The Hall–Kier alpha value is -3.60. The molecular formula is C21H21F6N7O4. The normalized spacial score (nSPS) is 22.7. The van der Waals surface area contributed by atoms with E-state index in [4.69, 9.17) is 9.47 Å². The molecule has 38 heavy (non-hydrogen) atoms. The lowest BCUT2D eigenvalue weighted by Crippen LogP contribution is -2.39. The number of aromatic amines is 1. The maximum atomic E-state index is 15.0. The lowest BCUT2D eigenvalue weighted by molar-refractivity contribution is -0.330. The van der Waals surface area contributed by atoms with Gasteiger partial charge in [-0.3, -0.25) is 14.2 Å². The van der Waals surface area contributed by atoms with E-state index in [-0.39, 0.29) is 40.9 Å². The zero-order valence-electron chi connectivity index (χ0n) is 19.6. The minimum Gasteiger partial charge on any atom is -0.441 e. The third kappa shape index (κ3) is 5.77. The maximum absolute atomic E-state index is 15.0. The second-order valence-electron chi connectivity index (χ2n) is 9.16. The van der Waals surface area contributed by atoms with E-state index < -0.39 is 49.6 Å². The Kier molecular flexibility index (Phi) is 6.58. The molecule has 206 valence electrons. The van der Waals surface area contributed by atoms with Crippen LogP contribution in [-0.2, 0) is 20.8 Å². The van der Waals surface area contributed by atoms with E-state index in [2.05, 4.69) is 35.5 Å². The number of amides is 1. The summed E-state index contributed by atoms with van der Waals surface area (Å²) in [6.45, 7) is 0.696. The number of rotatable bonds is 8. The standard InChI is InChI=1S/C21H21F6N7O4/c1-20(2-3-20)31-19(35)38-12-8-36-16(15(12)22)10-4-13(33-32-10)30-18-29-11(17(23)24)5-14-28-9(6-34(14)18)7-37-21(25,26)27/h4-6,12,15-17H,2-3,7-8H2,1H3,(H,31,35)(H2,29,30,32,33)/t12-,15-,16-/m1/s1. The molecule has 1 aliphatic carbocycles. The van der Waals surface area contributed by atoms with Gasteiger partial charge in [0.1, 0.15) is 17.4 Å². The minimum absolute atomic E-state index is 0.0153. The van der Waals surface area contributed by atoms with Crippen molar-refractivity contribution < 1.29 is 45.3 Å². The van der Waals surface area contributed by atoms with Crippen LogP contribution in [0.1, 0.15) is 49.4 Å². The number of anilines is 2. The van der Waals surface area contributed by atoms with Gasteiger partial charge in [0.05, 0.1) is 24.6 Å². The Bertz CT molecular complexity index is 1330. The van der Waals surface area contributed by atoms with E-state index in [9.17, 15) is 31.1 Å². The molecule has 3 aromatic heterocycles. The highest BCUT2D eigenvalue weighted by molar-refractivity contribution is 5.69. The highest BCUT2D eigenvalue weighted by Gasteiger charge is 2.44. The zero-order valence-corrected chi connectivity index (χ0v) is 19.6. The van der Waals surface area contributed by atoms with Crippen LogP contribution in [0.5, 0.6) is 0 Å². The summed E-state index contributed by atoms with van der Waals surface area (Å²) in [6, 6.07) is 2.25. The number of ether oxygens (including phenoxy) is 3. The average molecular weight is 549 g/mol. The van der Waals surface area contributed by atoms with Crippen molar-refractivity contribution in [1.29, 1.82) is 0 Å². The molecule has 0 spiro atoms. The third-order valence-corrected chi connectivity index (χ3v) is 6.02. The molecule has 0 radical (unpaired) electrons. The molecule has 1 saturated heterocycles. The van der Waals surface area contributed by atoms with Gasteiger partial charge in [-0.15, -0.1) is 13.2 Å². The lowest BCUT2D eigenvalue weighted by atomic mass is 10.1. The van der Waals surface area contributed by atoms with Gasteiger partial charge in [0.2, 0.25) is 5.95 Å². The fraction of sp³-hybridized carbons (Fsp3) is 0.524. The van der Waals surface area contributed by atoms with Crippen LogP contribution in [0.25, 0.3) is 5.65 Å². The highest BCUT2D eigenvalue weighted by atomic mass is 19.4. The lowest BCUT2D eigenvalue weighted by Gasteiger charge is -2.17. The first-order valence-electron chi connectivity index (χ1n) is 11.3. The largest absolute Gasteiger partial charge is 0.522 e. The number of nitrogens with zero attached hydrogens (tertiary/aromatic N) is 4. The van der Waals surface area contributed by atoms with Crippen LogP contribution in [0.3, 0.4) is 0 Å².